The largest absolute Gasteiger partial charge is 0.477 e. The van der Waals surface area contributed by atoms with E-state index in [0.717, 1.165) is 12.1 Å². The smallest absolute Gasteiger partial charge is 0.384 e. The summed E-state index contributed by atoms with van der Waals surface area (Å²) in [6, 6.07) is 1.71. The van der Waals surface area contributed by atoms with E-state index in [-0.39, 0.29) is 12.2 Å². The van der Waals surface area contributed by atoms with Crippen LogP contribution in [0.2, 0.25) is 0 Å². The normalized spacial score (nSPS) is 9.28. The summed E-state index contributed by atoms with van der Waals surface area (Å²) in [6.07, 6.45) is 0. The van der Waals surface area contributed by atoms with Crippen molar-refractivity contribution in [1.82, 2.24) is 0 Å². The van der Waals surface area contributed by atoms with Gasteiger partial charge in [0.05, 0.1) is 12.2 Å². The standard InChI is InChI=1S/C12H8F2O4/c1-2-18-9(15)6-4-7-3-5-8(13)10(11(7)14)12(16)17/h3,5H,2H2,1H3,(H,16,17). The van der Waals surface area contributed by atoms with Crippen LogP contribution in [0.1, 0.15) is 22.8 Å². The van der Waals surface area contributed by atoms with Gasteiger partial charge in [-0.15, -0.1) is 0 Å². The second kappa shape index (κ2) is 5.77. The number of hydrogen-bond donors (Lipinski definition) is 1. The third-order valence-electron chi connectivity index (χ3n) is 1.88. The second-order valence-corrected chi connectivity index (χ2v) is 3.06. The van der Waals surface area contributed by atoms with Crippen molar-refractivity contribution in [2.45, 2.75) is 6.92 Å². The highest BCUT2D eigenvalue weighted by Crippen LogP contribution is 2.16. The number of hydrogen-bond acceptors (Lipinski definition) is 3. The van der Waals surface area contributed by atoms with Crippen LogP contribution in [-0.2, 0) is 9.53 Å². The third-order valence-corrected chi connectivity index (χ3v) is 1.88. The van der Waals surface area contributed by atoms with Gasteiger partial charge < -0.3 is 9.84 Å². The van der Waals surface area contributed by atoms with E-state index in [9.17, 15) is 18.4 Å². The van der Waals surface area contributed by atoms with Crippen molar-refractivity contribution in [3.8, 4) is 11.8 Å². The van der Waals surface area contributed by atoms with Crippen LogP contribution >= 0.6 is 0 Å². The number of carbonyl (C=O) groups is 2. The monoisotopic (exact) mass is 254 g/mol. The minimum atomic E-state index is -1.75. The van der Waals surface area contributed by atoms with Gasteiger partial charge in [-0.25, -0.2) is 18.4 Å². The molecule has 0 aliphatic carbocycles. The fraction of sp³-hybridized carbons (Fsp3) is 0.167. The SMILES string of the molecule is CCOC(=O)C#Cc1ccc(F)c(C(=O)O)c1F. The average Bonchev–Trinajstić information content (AvgIpc) is 2.28. The van der Waals surface area contributed by atoms with Crippen molar-refractivity contribution in [3.63, 3.8) is 0 Å². The first-order chi connectivity index (χ1) is 8.47. The van der Waals surface area contributed by atoms with E-state index in [1.807, 2.05) is 5.92 Å². The molecule has 0 aliphatic rings. The van der Waals surface area contributed by atoms with Gasteiger partial charge in [-0.2, -0.15) is 0 Å². The van der Waals surface area contributed by atoms with Gasteiger partial charge in [0.1, 0.15) is 11.4 Å². The van der Waals surface area contributed by atoms with Crippen molar-refractivity contribution >= 4 is 11.9 Å². The molecule has 0 saturated carbocycles. The molecule has 0 radical (unpaired) electrons. The van der Waals surface area contributed by atoms with Gasteiger partial charge in [0.15, 0.2) is 5.82 Å². The lowest BCUT2D eigenvalue weighted by Crippen LogP contribution is -2.06. The minimum absolute atomic E-state index is 0.111. The van der Waals surface area contributed by atoms with Crippen LogP contribution in [0.5, 0.6) is 0 Å². The lowest BCUT2D eigenvalue weighted by Gasteiger charge is -2.01. The highest BCUT2D eigenvalue weighted by molar-refractivity contribution is 5.90. The average molecular weight is 254 g/mol. The molecule has 0 atom stereocenters. The van der Waals surface area contributed by atoms with Crippen molar-refractivity contribution in [1.29, 1.82) is 0 Å². The van der Waals surface area contributed by atoms with E-state index in [1.165, 1.54) is 0 Å². The molecule has 0 aliphatic heterocycles. The highest BCUT2D eigenvalue weighted by Gasteiger charge is 2.18. The molecule has 1 aromatic rings. The zero-order valence-corrected chi connectivity index (χ0v) is 9.29. The maximum atomic E-state index is 13.5. The molecular formula is C12H8F2O4. The highest BCUT2D eigenvalue weighted by atomic mass is 19.1. The molecule has 0 unspecified atom stereocenters. The van der Waals surface area contributed by atoms with Crippen LogP contribution in [0.4, 0.5) is 8.78 Å². The Morgan fingerprint density at radius 3 is 2.61 bits per heavy atom. The molecule has 94 valence electrons. The maximum Gasteiger partial charge on any atom is 0.384 e. The lowest BCUT2D eigenvalue weighted by molar-refractivity contribution is -0.136. The summed E-state index contributed by atoms with van der Waals surface area (Å²) < 4.78 is 31.1. The minimum Gasteiger partial charge on any atom is -0.477 e. The lowest BCUT2D eigenvalue weighted by atomic mass is 10.1. The molecule has 6 heteroatoms. The van der Waals surface area contributed by atoms with Crippen LogP contribution in [0.25, 0.3) is 0 Å². The number of aromatic carboxylic acids is 1. The number of benzene rings is 1. The van der Waals surface area contributed by atoms with Crippen molar-refractivity contribution in [2.24, 2.45) is 0 Å². The van der Waals surface area contributed by atoms with Gasteiger partial charge in [0.2, 0.25) is 0 Å². The van der Waals surface area contributed by atoms with Crippen LogP contribution in [0.3, 0.4) is 0 Å². The van der Waals surface area contributed by atoms with Crippen LogP contribution in [0, 0.1) is 23.5 Å². The molecule has 0 bridgehead atoms. The Balaban J connectivity index is 3.16. The molecular weight excluding hydrogens is 246 g/mol. The molecule has 1 rings (SSSR count). The first kappa shape index (κ1) is 13.6. The first-order valence-corrected chi connectivity index (χ1v) is 4.87. The van der Waals surface area contributed by atoms with Crippen molar-refractivity contribution in [3.05, 3.63) is 34.9 Å². The number of esters is 1. The Bertz CT molecular complexity index is 555. The molecule has 4 nitrogen and oxygen atoms in total. The van der Waals surface area contributed by atoms with Crippen molar-refractivity contribution < 1.29 is 28.2 Å². The molecule has 0 spiro atoms. The number of carboxylic acids is 1. The Morgan fingerprint density at radius 2 is 2.06 bits per heavy atom. The van der Waals surface area contributed by atoms with E-state index in [4.69, 9.17) is 5.11 Å². The zero-order valence-electron chi connectivity index (χ0n) is 9.29. The fourth-order valence-electron chi connectivity index (χ4n) is 1.13. The summed E-state index contributed by atoms with van der Waals surface area (Å²) in [6.45, 7) is 1.68. The first-order valence-electron chi connectivity index (χ1n) is 4.87. The van der Waals surface area contributed by atoms with E-state index < -0.39 is 29.1 Å². The molecule has 1 N–H and O–H groups in total. The Morgan fingerprint density at radius 1 is 1.39 bits per heavy atom. The molecule has 0 amide bonds. The molecule has 0 heterocycles. The molecule has 0 aromatic heterocycles. The molecule has 0 saturated heterocycles. The van der Waals surface area contributed by atoms with Crippen LogP contribution in [-0.4, -0.2) is 23.7 Å². The molecule has 1 aromatic carbocycles. The molecule has 18 heavy (non-hydrogen) atoms. The number of halogens is 2. The van der Waals surface area contributed by atoms with E-state index in [1.54, 1.807) is 6.92 Å². The molecule has 0 fully saturated rings. The van der Waals surface area contributed by atoms with Gasteiger partial charge in [-0.3, -0.25) is 0 Å². The summed E-state index contributed by atoms with van der Waals surface area (Å²) in [5.41, 5.74) is -1.49. The summed E-state index contributed by atoms with van der Waals surface area (Å²) in [5.74, 6) is -1.10. The summed E-state index contributed by atoms with van der Waals surface area (Å²) >= 11 is 0. The predicted octanol–water partition coefficient (Wildman–Crippen LogP) is 1.58. The van der Waals surface area contributed by atoms with Crippen molar-refractivity contribution in [2.75, 3.05) is 6.61 Å². The quantitative estimate of drug-likeness (QED) is 0.642. The second-order valence-electron chi connectivity index (χ2n) is 3.06. The number of carboxylic acid groups (broad SMARTS) is 1. The van der Waals surface area contributed by atoms with E-state index >= 15 is 0 Å². The van der Waals surface area contributed by atoms with Gasteiger partial charge in [0.25, 0.3) is 0 Å². The van der Waals surface area contributed by atoms with Gasteiger partial charge in [-0.05, 0) is 19.1 Å². The Kier molecular flexibility index (Phi) is 4.38. The summed E-state index contributed by atoms with van der Waals surface area (Å²) in [4.78, 5) is 21.5. The summed E-state index contributed by atoms with van der Waals surface area (Å²) in [7, 11) is 0. The maximum absolute atomic E-state index is 13.5. The van der Waals surface area contributed by atoms with E-state index in [2.05, 4.69) is 10.7 Å². The van der Waals surface area contributed by atoms with Crippen LogP contribution in [0.15, 0.2) is 12.1 Å². The summed E-state index contributed by atoms with van der Waals surface area (Å²) in [5, 5.41) is 8.61. The third kappa shape index (κ3) is 3.04. The zero-order chi connectivity index (χ0) is 13.7. The predicted molar refractivity (Wildman–Crippen MR) is 56.8 cm³/mol. The van der Waals surface area contributed by atoms with Crippen LogP contribution < -0.4 is 0 Å². The van der Waals surface area contributed by atoms with Gasteiger partial charge >= 0.3 is 11.9 Å². The van der Waals surface area contributed by atoms with Gasteiger partial charge in [-0.1, -0.05) is 5.92 Å². The van der Waals surface area contributed by atoms with Gasteiger partial charge in [0, 0.05) is 5.92 Å². The van der Waals surface area contributed by atoms with E-state index in [0.29, 0.717) is 0 Å². The number of rotatable bonds is 2. The topological polar surface area (TPSA) is 63.6 Å². The fourth-order valence-corrected chi connectivity index (χ4v) is 1.13. The Hall–Kier alpha value is -2.42. The number of ether oxygens (including phenoxy) is 1. The number of carbonyl (C=O) groups excluding carboxylic acids is 1. The Labute approximate surface area is 101 Å².